The summed E-state index contributed by atoms with van der Waals surface area (Å²) in [4.78, 5) is 38.8. The SMILES string of the molecule is CCOC(=O)CC(=O)N(Cc1ccccc1)CC(C(=O)OCC)c1ccccc1. The van der Waals surface area contributed by atoms with Crippen molar-refractivity contribution < 1.29 is 23.9 Å². The lowest BCUT2D eigenvalue weighted by Gasteiger charge is -2.27. The zero-order chi connectivity index (χ0) is 21.1. The first-order valence-electron chi connectivity index (χ1n) is 9.74. The van der Waals surface area contributed by atoms with Gasteiger partial charge in [-0.25, -0.2) is 0 Å². The highest BCUT2D eigenvalue weighted by molar-refractivity contribution is 5.94. The lowest BCUT2D eigenvalue weighted by molar-refractivity contribution is -0.149. The highest BCUT2D eigenvalue weighted by Crippen LogP contribution is 2.21. The van der Waals surface area contributed by atoms with Crippen LogP contribution in [-0.4, -0.2) is 42.5 Å². The van der Waals surface area contributed by atoms with Crippen LogP contribution in [0.25, 0.3) is 0 Å². The minimum absolute atomic E-state index is 0.107. The molecule has 2 rings (SSSR count). The minimum atomic E-state index is -0.647. The molecular weight excluding hydrogens is 370 g/mol. The van der Waals surface area contributed by atoms with Gasteiger partial charge in [0.15, 0.2) is 0 Å². The second-order valence-electron chi connectivity index (χ2n) is 6.46. The number of hydrogen-bond acceptors (Lipinski definition) is 5. The van der Waals surface area contributed by atoms with E-state index >= 15 is 0 Å². The summed E-state index contributed by atoms with van der Waals surface area (Å²) in [6.07, 6.45) is -0.370. The summed E-state index contributed by atoms with van der Waals surface area (Å²) in [5.74, 6) is -2.02. The Morgan fingerprint density at radius 1 is 0.862 bits per heavy atom. The van der Waals surface area contributed by atoms with Crippen molar-refractivity contribution in [3.05, 3.63) is 71.8 Å². The number of carbonyl (C=O) groups excluding carboxylic acids is 3. The lowest BCUT2D eigenvalue weighted by atomic mass is 9.98. The first kappa shape index (κ1) is 22.1. The second-order valence-corrected chi connectivity index (χ2v) is 6.46. The molecule has 0 aliphatic carbocycles. The Balaban J connectivity index is 2.27. The van der Waals surface area contributed by atoms with Gasteiger partial charge < -0.3 is 14.4 Å². The van der Waals surface area contributed by atoms with Gasteiger partial charge in [-0.05, 0) is 25.0 Å². The third kappa shape index (κ3) is 7.07. The number of rotatable bonds is 10. The normalized spacial score (nSPS) is 11.4. The molecule has 1 amide bonds. The highest BCUT2D eigenvalue weighted by atomic mass is 16.5. The van der Waals surface area contributed by atoms with Crippen LogP contribution in [0, 0.1) is 0 Å². The predicted octanol–water partition coefficient (Wildman–Crippen LogP) is 3.32. The first-order valence-corrected chi connectivity index (χ1v) is 9.74. The van der Waals surface area contributed by atoms with Crippen LogP contribution in [0.4, 0.5) is 0 Å². The summed E-state index contributed by atoms with van der Waals surface area (Å²) >= 11 is 0. The molecule has 0 aliphatic rings. The van der Waals surface area contributed by atoms with Crippen LogP contribution in [0.3, 0.4) is 0 Å². The molecule has 0 fully saturated rings. The summed E-state index contributed by atoms with van der Waals surface area (Å²) in [6, 6.07) is 18.6. The molecule has 6 heteroatoms. The standard InChI is InChI=1S/C23H27NO5/c1-3-28-22(26)15-21(25)24(16-18-11-7-5-8-12-18)17-20(23(27)29-4-2)19-13-9-6-10-14-19/h5-14,20H,3-4,15-17H2,1-2H3. The smallest absolute Gasteiger partial charge is 0.315 e. The maximum Gasteiger partial charge on any atom is 0.315 e. The molecule has 154 valence electrons. The Bertz CT molecular complexity index is 791. The van der Waals surface area contributed by atoms with Gasteiger partial charge in [-0.3, -0.25) is 14.4 Å². The third-order valence-corrected chi connectivity index (χ3v) is 4.35. The summed E-state index contributed by atoms with van der Waals surface area (Å²) in [5.41, 5.74) is 1.66. The maximum absolute atomic E-state index is 12.9. The largest absolute Gasteiger partial charge is 0.466 e. The van der Waals surface area contributed by atoms with E-state index in [4.69, 9.17) is 9.47 Å². The van der Waals surface area contributed by atoms with Crippen LogP contribution >= 0.6 is 0 Å². The molecule has 6 nitrogen and oxygen atoms in total. The number of hydrogen-bond donors (Lipinski definition) is 0. The van der Waals surface area contributed by atoms with Gasteiger partial charge in [0.25, 0.3) is 0 Å². The van der Waals surface area contributed by atoms with Crippen molar-refractivity contribution in [1.82, 2.24) is 4.90 Å². The molecule has 0 spiro atoms. The Morgan fingerprint density at radius 2 is 1.45 bits per heavy atom. The first-order chi connectivity index (χ1) is 14.0. The van der Waals surface area contributed by atoms with E-state index in [0.29, 0.717) is 0 Å². The number of benzene rings is 2. The van der Waals surface area contributed by atoms with Crippen LogP contribution in [0.15, 0.2) is 60.7 Å². The van der Waals surface area contributed by atoms with E-state index in [0.717, 1.165) is 11.1 Å². The fourth-order valence-corrected chi connectivity index (χ4v) is 2.97. The van der Waals surface area contributed by atoms with E-state index in [9.17, 15) is 14.4 Å². The maximum atomic E-state index is 12.9. The van der Waals surface area contributed by atoms with Crippen LogP contribution < -0.4 is 0 Å². The molecule has 29 heavy (non-hydrogen) atoms. The number of carbonyl (C=O) groups is 3. The van der Waals surface area contributed by atoms with E-state index in [1.54, 1.807) is 13.8 Å². The molecule has 1 unspecified atom stereocenters. The van der Waals surface area contributed by atoms with E-state index in [1.807, 2.05) is 60.7 Å². The van der Waals surface area contributed by atoms with Crippen LogP contribution in [0.5, 0.6) is 0 Å². The van der Waals surface area contributed by atoms with Gasteiger partial charge in [-0.2, -0.15) is 0 Å². The Labute approximate surface area is 171 Å². The summed E-state index contributed by atoms with van der Waals surface area (Å²) in [5, 5.41) is 0. The molecule has 0 heterocycles. The van der Waals surface area contributed by atoms with E-state index < -0.39 is 23.8 Å². The van der Waals surface area contributed by atoms with Gasteiger partial charge in [0.05, 0.1) is 19.1 Å². The monoisotopic (exact) mass is 397 g/mol. The van der Waals surface area contributed by atoms with Gasteiger partial charge in [0.2, 0.25) is 5.91 Å². The summed E-state index contributed by atoms with van der Waals surface area (Å²) in [7, 11) is 0. The van der Waals surface area contributed by atoms with Crippen molar-refractivity contribution in [2.45, 2.75) is 32.7 Å². The molecule has 0 radical (unpaired) electrons. The van der Waals surface area contributed by atoms with Crippen LogP contribution in [-0.2, 0) is 30.4 Å². The van der Waals surface area contributed by atoms with Crippen LogP contribution in [0.2, 0.25) is 0 Å². The fraction of sp³-hybridized carbons (Fsp3) is 0.348. The highest BCUT2D eigenvalue weighted by Gasteiger charge is 2.28. The van der Waals surface area contributed by atoms with Crippen LogP contribution in [0.1, 0.15) is 37.3 Å². The zero-order valence-electron chi connectivity index (χ0n) is 16.9. The van der Waals surface area contributed by atoms with Gasteiger partial charge in [0, 0.05) is 13.1 Å². The number of amides is 1. The molecule has 2 aromatic carbocycles. The molecular formula is C23H27NO5. The van der Waals surface area contributed by atoms with Gasteiger partial charge in [-0.1, -0.05) is 60.7 Å². The Morgan fingerprint density at radius 3 is 2.03 bits per heavy atom. The molecule has 2 aromatic rings. The molecule has 0 bridgehead atoms. The number of esters is 2. The number of ether oxygens (including phenoxy) is 2. The van der Waals surface area contributed by atoms with Gasteiger partial charge >= 0.3 is 11.9 Å². The van der Waals surface area contributed by atoms with Gasteiger partial charge in [0.1, 0.15) is 6.42 Å². The fourth-order valence-electron chi connectivity index (χ4n) is 2.97. The summed E-state index contributed by atoms with van der Waals surface area (Å²) in [6.45, 7) is 4.28. The van der Waals surface area contributed by atoms with Crippen molar-refractivity contribution in [1.29, 1.82) is 0 Å². The molecule has 0 aromatic heterocycles. The second kappa shape index (κ2) is 11.6. The quantitative estimate of drug-likeness (QED) is 0.454. The number of nitrogens with zero attached hydrogens (tertiary/aromatic N) is 1. The van der Waals surface area contributed by atoms with Crippen molar-refractivity contribution >= 4 is 17.8 Å². The molecule has 0 saturated carbocycles. The average molecular weight is 397 g/mol. The van der Waals surface area contributed by atoms with E-state index in [2.05, 4.69) is 0 Å². The van der Waals surface area contributed by atoms with Crippen molar-refractivity contribution in [2.24, 2.45) is 0 Å². The third-order valence-electron chi connectivity index (χ3n) is 4.35. The average Bonchev–Trinajstić information content (AvgIpc) is 2.72. The molecule has 0 saturated heterocycles. The Hall–Kier alpha value is -3.15. The van der Waals surface area contributed by atoms with E-state index in [1.165, 1.54) is 4.90 Å². The topological polar surface area (TPSA) is 72.9 Å². The predicted molar refractivity (Wildman–Crippen MR) is 109 cm³/mol. The van der Waals surface area contributed by atoms with Crippen molar-refractivity contribution in [2.75, 3.05) is 19.8 Å². The van der Waals surface area contributed by atoms with Gasteiger partial charge in [-0.15, -0.1) is 0 Å². The Kier molecular flexibility index (Phi) is 8.89. The van der Waals surface area contributed by atoms with Crippen molar-refractivity contribution in [3.63, 3.8) is 0 Å². The van der Waals surface area contributed by atoms with E-state index in [-0.39, 0.29) is 32.7 Å². The minimum Gasteiger partial charge on any atom is -0.466 e. The zero-order valence-corrected chi connectivity index (χ0v) is 16.9. The lowest BCUT2D eigenvalue weighted by Crippen LogP contribution is -2.38. The molecule has 0 aliphatic heterocycles. The molecule has 0 N–H and O–H groups in total. The van der Waals surface area contributed by atoms with Crippen molar-refractivity contribution in [3.8, 4) is 0 Å². The molecule has 1 atom stereocenters. The summed E-state index contributed by atoms with van der Waals surface area (Å²) < 4.78 is 10.2.